The maximum atomic E-state index is 12.5. The monoisotopic (exact) mass is 398 g/mol. The van der Waals surface area contributed by atoms with Crippen LogP contribution in [0.15, 0.2) is 23.1 Å². The molecule has 0 bridgehead atoms. The van der Waals surface area contributed by atoms with Crippen LogP contribution in [0, 0.1) is 0 Å². The maximum absolute atomic E-state index is 12.5. The third-order valence-corrected chi connectivity index (χ3v) is 5.81. The van der Waals surface area contributed by atoms with Crippen LogP contribution in [0.5, 0.6) is 5.75 Å². The molecule has 27 heavy (non-hydrogen) atoms. The average Bonchev–Trinajstić information content (AvgIpc) is 3.13. The number of hydrogen-bond donors (Lipinski definition) is 1. The van der Waals surface area contributed by atoms with E-state index >= 15 is 0 Å². The van der Waals surface area contributed by atoms with E-state index in [1.54, 1.807) is 18.7 Å². The number of carbonyl (C=O) groups excluding carboxylic acids is 2. The number of hydrogen-bond acceptors (Lipinski definition) is 6. The Kier molecular flexibility index (Phi) is 6.83. The summed E-state index contributed by atoms with van der Waals surface area (Å²) in [5, 5.41) is 0. The van der Waals surface area contributed by atoms with E-state index < -0.39 is 22.1 Å². The number of sulfonamides is 1. The number of likely N-dealkylation sites (tertiary alicyclic amines) is 1. The normalized spacial score (nSPS) is 15.7. The fourth-order valence-electron chi connectivity index (χ4n) is 2.86. The third kappa shape index (κ3) is 5.20. The highest BCUT2D eigenvalue weighted by atomic mass is 32.2. The van der Waals surface area contributed by atoms with Crippen LogP contribution in [0.1, 0.15) is 44.0 Å². The molecule has 9 heteroatoms. The summed E-state index contributed by atoms with van der Waals surface area (Å²) in [5.74, 6) is -0.900. The van der Waals surface area contributed by atoms with Crippen molar-refractivity contribution in [2.24, 2.45) is 0 Å². The fourth-order valence-corrected chi connectivity index (χ4v) is 4.31. The quantitative estimate of drug-likeness (QED) is 0.699. The van der Waals surface area contributed by atoms with Crippen molar-refractivity contribution in [3.63, 3.8) is 0 Å². The molecule has 8 nitrogen and oxygen atoms in total. The zero-order valence-corrected chi connectivity index (χ0v) is 16.8. The molecule has 1 fully saturated rings. The zero-order valence-electron chi connectivity index (χ0n) is 16.0. The van der Waals surface area contributed by atoms with Gasteiger partial charge in [-0.25, -0.2) is 17.9 Å². The van der Waals surface area contributed by atoms with Gasteiger partial charge in [0.15, 0.2) is 6.10 Å². The number of ether oxygens (including phenoxy) is 2. The largest absolute Gasteiger partial charge is 0.495 e. The van der Waals surface area contributed by atoms with Crippen molar-refractivity contribution in [2.45, 2.75) is 50.7 Å². The molecule has 1 N–H and O–H groups in total. The van der Waals surface area contributed by atoms with Gasteiger partial charge < -0.3 is 14.4 Å². The van der Waals surface area contributed by atoms with Crippen molar-refractivity contribution in [3.8, 4) is 5.75 Å². The number of nitrogens with one attached hydrogen (secondary N) is 1. The molecule has 1 amide bonds. The number of benzene rings is 1. The minimum Gasteiger partial charge on any atom is -0.495 e. The number of esters is 1. The van der Waals surface area contributed by atoms with Crippen molar-refractivity contribution < 1.29 is 27.5 Å². The van der Waals surface area contributed by atoms with Crippen molar-refractivity contribution in [3.05, 3.63) is 23.8 Å². The van der Waals surface area contributed by atoms with Gasteiger partial charge in [-0.05, 0) is 51.8 Å². The van der Waals surface area contributed by atoms with Crippen LogP contribution in [0.25, 0.3) is 0 Å². The van der Waals surface area contributed by atoms with Gasteiger partial charge in [-0.2, -0.15) is 0 Å². The summed E-state index contributed by atoms with van der Waals surface area (Å²) in [6, 6.07) is 3.66. The molecule has 0 aliphatic carbocycles. The first-order valence-corrected chi connectivity index (χ1v) is 10.3. The second-order valence-electron chi connectivity index (χ2n) is 6.72. The minimum atomic E-state index is -3.87. The number of carbonyl (C=O) groups is 2. The molecule has 150 valence electrons. The van der Waals surface area contributed by atoms with Crippen LogP contribution < -0.4 is 9.46 Å². The first-order chi connectivity index (χ1) is 12.7. The molecular weight excluding hydrogens is 372 g/mol. The second kappa shape index (κ2) is 8.71. The molecule has 1 heterocycles. The van der Waals surface area contributed by atoms with Crippen LogP contribution in [0.4, 0.5) is 0 Å². The Labute approximate surface area is 159 Å². The van der Waals surface area contributed by atoms with E-state index in [1.165, 1.54) is 32.2 Å². The van der Waals surface area contributed by atoms with Gasteiger partial charge >= 0.3 is 5.97 Å². The summed E-state index contributed by atoms with van der Waals surface area (Å²) < 4.78 is 37.8. The van der Waals surface area contributed by atoms with E-state index in [1.807, 2.05) is 0 Å². The number of methoxy groups -OCH3 is 1. The fraction of sp³-hybridized carbons (Fsp3) is 0.556. The summed E-state index contributed by atoms with van der Waals surface area (Å²) in [7, 11) is -2.53. The predicted octanol–water partition coefficient (Wildman–Crippen LogP) is 1.55. The van der Waals surface area contributed by atoms with Crippen molar-refractivity contribution >= 4 is 21.9 Å². The molecule has 0 radical (unpaired) electrons. The lowest BCUT2D eigenvalue weighted by Crippen LogP contribution is -2.38. The Hall–Kier alpha value is -2.13. The third-order valence-electron chi connectivity index (χ3n) is 4.13. The molecule has 1 unspecified atom stereocenters. The summed E-state index contributed by atoms with van der Waals surface area (Å²) in [6.07, 6.45) is 0.941. The Morgan fingerprint density at radius 2 is 1.78 bits per heavy atom. The molecule has 1 atom stereocenters. The van der Waals surface area contributed by atoms with E-state index in [4.69, 9.17) is 9.47 Å². The van der Waals surface area contributed by atoms with Crippen molar-refractivity contribution in [2.75, 3.05) is 20.2 Å². The van der Waals surface area contributed by atoms with Gasteiger partial charge in [-0.1, -0.05) is 0 Å². The van der Waals surface area contributed by atoms with Crippen LogP contribution in [-0.2, 0) is 19.6 Å². The van der Waals surface area contributed by atoms with E-state index in [9.17, 15) is 18.0 Å². The SMILES string of the molecule is COc1ccc(C(=O)OC(C)C(=O)N2CCCC2)cc1S(=O)(=O)NC(C)C. The van der Waals surface area contributed by atoms with Gasteiger partial charge in [-0.15, -0.1) is 0 Å². The van der Waals surface area contributed by atoms with Gasteiger partial charge in [0.25, 0.3) is 5.91 Å². The molecule has 2 rings (SSSR count). The van der Waals surface area contributed by atoms with E-state index in [0.717, 1.165) is 12.8 Å². The second-order valence-corrected chi connectivity index (χ2v) is 8.40. The molecule has 1 aliphatic rings. The van der Waals surface area contributed by atoms with Crippen LogP contribution in [0.2, 0.25) is 0 Å². The zero-order chi connectivity index (χ0) is 20.2. The van der Waals surface area contributed by atoms with Crippen molar-refractivity contribution in [1.82, 2.24) is 9.62 Å². The molecule has 1 aromatic rings. The van der Waals surface area contributed by atoms with Gasteiger partial charge in [0.2, 0.25) is 10.0 Å². The molecule has 1 aliphatic heterocycles. The van der Waals surface area contributed by atoms with Gasteiger partial charge in [0.1, 0.15) is 10.6 Å². The standard InChI is InChI=1S/C18H26N2O6S/c1-12(2)19-27(23,24)16-11-14(7-8-15(16)25-4)18(22)26-13(3)17(21)20-9-5-6-10-20/h7-8,11-13,19H,5-6,9-10H2,1-4H3. The van der Waals surface area contributed by atoms with E-state index in [0.29, 0.717) is 13.1 Å². The Morgan fingerprint density at radius 1 is 1.15 bits per heavy atom. The highest BCUT2D eigenvalue weighted by Gasteiger charge is 2.28. The average molecular weight is 398 g/mol. The highest BCUT2D eigenvalue weighted by Crippen LogP contribution is 2.25. The Bertz CT molecular complexity index is 800. The lowest BCUT2D eigenvalue weighted by Gasteiger charge is -2.20. The molecule has 1 saturated heterocycles. The van der Waals surface area contributed by atoms with Gasteiger partial charge in [0.05, 0.1) is 12.7 Å². The summed E-state index contributed by atoms with van der Waals surface area (Å²) in [4.78, 5) is 26.2. The van der Waals surface area contributed by atoms with Crippen molar-refractivity contribution in [1.29, 1.82) is 0 Å². The topological polar surface area (TPSA) is 102 Å². The number of amides is 1. The molecule has 0 aromatic heterocycles. The summed E-state index contributed by atoms with van der Waals surface area (Å²) in [5.41, 5.74) is 0.0287. The lowest BCUT2D eigenvalue weighted by molar-refractivity contribution is -0.138. The highest BCUT2D eigenvalue weighted by molar-refractivity contribution is 7.89. The van der Waals surface area contributed by atoms with Crippen LogP contribution in [0.3, 0.4) is 0 Å². The smallest absolute Gasteiger partial charge is 0.338 e. The van der Waals surface area contributed by atoms with E-state index in [-0.39, 0.29) is 28.2 Å². The molecule has 0 spiro atoms. The Balaban J connectivity index is 2.21. The minimum absolute atomic E-state index is 0.0287. The van der Waals surface area contributed by atoms with Gasteiger partial charge in [0, 0.05) is 19.1 Å². The van der Waals surface area contributed by atoms with E-state index in [2.05, 4.69) is 4.72 Å². The molecule has 1 aromatic carbocycles. The molecular formula is C18H26N2O6S. The Morgan fingerprint density at radius 3 is 2.33 bits per heavy atom. The number of nitrogens with zero attached hydrogens (tertiary/aromatic N) is 1. The lowest BCUT2D eigenvalue weighted by atomic mass is 10.2. The first-order valence-electron chi connectivity index (χ1n) is 8.86. The maximum Gasteiger partial charge on any atom is 0.338 e. The molecule has 0 saturated carbocycles. The van der Waals surface area contributed by atoms with Crippen LogP contribution in [-0.4, -0.2) is 57.5 Å². The summed E-state index contributed by atoms with van der Waals surface area (Å²) >= 11 is 0. The van der Waals surface area contributed by atoms with Crippen LogP contribution >= 0.6 is 0 Å². The number of rotatable bonds is 7. The van der Waals surface area contributed by atoms with Gasteiger partial charge in [-0.3, -0.25) is 4.79 Å². The predicted molar refractivity (Wildman–Crippen MR) is 99.1 cm³/mol. The first kappa shape index (κ1) is 21.2. The summed E-state index contributed by atoms with van der Waals surface area (Å²) in [6.45, 7) is 6.21.